The number of rotatable bonds is 4. The van der Waals surface area contributed by atoms with Gasteiger partial charge in [0.2, 0.25) is 0 Å². The molecule has 0 unspecified atom stereocenters. The number of methoxy groups -OCH3 is 1. The number of esters is 1. The molecular formula is C15H22N2O4. The summed E-state index contributed by atoms with van der Waals surface area (Å²) in [6.07, 6.45) is 0. The molecule has 0 radical (unpaired) electrons. The molecule has 21 heavy (non-hydrogen) atoms. The highest BCUT2D eigenvalue weighted by atomic mass is 16.6. The zero-order chi connectivity index (χ0) is 16.0. The van der Waals surface area contributed by atoms with Crippen LogP contribution in [-0.2, 0) is 9.53 Å². The average Bonchev–Trinajstić information content (AvgIpc) is 2.37. The lowest BCUT2D eigenvalue weighted by molar-refractivity contribution is -0.156. The van der Waals surface area contributed by atoms with Gasteiger partial charge in [-0.3, -0.25) is 0 Å². The Morgan fingerprint density at radius 1 is 1.19 bits per heavy atom. The molecule has 0 aliphatic heterocycles. The van der Waals surface area contributed by atoms with Gasteiger partial charge in [0.15, 0.2) is 0 Å². The van der Waals surface area contributed by atoms with E-state index in [2.05, 4.69) is 10.6 Å². The third-order valence-electron chi connectivity index (χ3n) is 2.46. The summed E-state index contributed by atoms with van der Waals surface area (Å²) in [5.74, 6) is 0.0512. The second-order valence-electron chi connectivity index (χ2n) is 5.55. The minimum absolute atomic E-state index is 0.488. The highest BCUT2D eigenvalue weighted by Crippen LogP contribution is 2.22. The van der Waals surface area contributed by atoms with Crippen molar-refractivity contribution in [3.8, 4) is 5.75 Å². The number of para-hydroxylation sites is 2. The SMILES string of the molecule is COc1ccccc1NC(=O)N[C@@H](C)C(=O)OC(C)(C)C. The van der Waals surface area contributed by atoms with Crippen molar-refractivity contribution in [3.05, 3.63) is 24.3 Å². The Morgan fingerprint density at radius 2 is 1.81 bits per heavy atom. The first kappa shape index (κ1) is 16.8. The fourth-order valence-corrected chi connectivity index (χ4v) is 1.55. The quantitative estimate of drug-likeness (QED) is 0.837. The van der Waals surface area contributed by atoms with Gasteiger partial charge in [-0.2, -0.15) is 0 Å². The topological polar surface area (TPSA) is 76.7 Å². The predicted molar refractivity (Wildman–Crippen MR) is 80.5 cm³/mol. The van der Waals surface area contributed by atoms with E-state index in [0.717, 1.165) is 0 Å². The first-order valence-electron chi connectivity index (χ1n) is 6.66. The van der Waals surface area contributed by atoms with Crippen LogP contribution in [0.15, 0.2) is 24.3 Å². The lowest BCUT2D eigenvalue weighted by Crippen LogP contribution is -2.44. The maximum Gasteiger partial charge on any atom is 0.328 e. The molecule has 0 heterocycles. The summed E-state index contributed by atoms with van der Waals surface area (Å²) in [5.41, 5.74) is -0.0690. The molecule has 0 saturated carbocycles. The van der Waals surface area contributed by atoms with Crippen molar-refractivity contribution in [2.24, 2.45) is 0 Å². The number of amides is 2. The van der Waals surface area contributed by atoms with Crippen LogP contribution in [0.1, 0.15) is 27.7 Å². The zero-order valence-corrected chi connectivity index (χ0v) is 13.0. The molecule has 2 amide bonds. The Labute approximate surface area is 124 Å². The van der Waals surface area contributed by atoms with Crippen molar-refractivity contribution in [3.63, 3.8) is 0 Å². The van der Waals surface area contributed by atoms with Crippen LogP contribution in [0.2, 0.25) is 0 Å². The van der Waals surface area contributed by atoms with E-state index in [4.69, 9.17) is 9.47 Å². The highest BCUT2D eigenvalue weighted by molar-refractivity contribution is 5.93. The second-order valence-corrected chi connectivity index (χ2v) is 5.55. The van der Waals surface area contributed by atoms with Crippen LogP contribution < -0.4 is 15.4 Å². The lowest BCUT2D eigenvalue weighted by Gasteiger charge is -2.22. The molecule has 6 nitrogen and oxygen atoms in total. The number of urea groups is 1. The van der Waals surface area contributed by atoms with Gasteiger partial charge in [0.25, 0.3) is 0 Å². The number of nitrogens with one attached hydrogen (secondary N) is 2. The van der Waals surface area contributed by atoms with Crippen molar-refractivity contribution >= 4 is 17.7 Å². The fourth-order valence-electron chi connectivity index (χ4n) is 1.55. The normalized spacial score (nSPS) is 12.2. The molecule has 2 N–H and O–H groups in total. The van der Waals surface area contributed by atoms with E-state index in [1.807, 2.05) is 0 Å². The lowest BCUT2D eigenvalue weighted by atomic mass is 10.2. The van der Waals surface area contributed by atoms with E-state index in [1.165, 1.54) is 7.11 Å². The van der Waals surface area contributed by atoms with Crippen molar-refractivity contribution in [2.45, 2.75) is 39.3 Å². The Morgan fingerprint density at radius 3 is 2.38 bits per heavy atom. The first-order chi connectivity index (χ1) is 9.73. The summed E-state index contributed by atoms with van der Waals surface area (Å²) in [7, 11) is 1.52. The predicted octanol–water partition coefficient (Wildman–Crippen LogP) is 2.55. The van der Waals surface area contributed by atoms with Crippen molar-refractivity contribution in [1.29, 1.82) is 0 Å². The summed E-state index contributed by atoms with van der Waals surface area (Å²) in [4.78, 5) is 23.7. The first-order valence-corrected chi connectivity index (χ1v) is 6.66. The van der Waals surface area contributed by atoms with E-state index in [0.29, 0.717) is 11.4 Å². The fraction of sp³-hybridized carbons (Fsp3) is 0.467. The molecule has 6 heteroatoms. The van der Waals surface area contributed by atoms with Gasteiger partial charge in [0.05, 0.1) is 12.8 Å². The number of benzene rings is 1. The van der Waals surface area contributed by atoms with Gasteiger partial charge in [-0.05, 0) is 39.8 Å². The minimum Gasteiger partial charge on any atom is -0.495 e. The van der Waals surface area contributed by atoms with Gasteiger partial charge in [0.1, 0.15) is 17.4 Å². The number of hydrogen-bond donors (Lipinski definition) is 2. The van der Waals surface area contributed by atoms with Crippen LogP contribution in [-0.4, -0.2) is 30.8 Å². The third-order valence-corrected chi connectivity index (χ3v) is 2.46. The van der Waals surface area contributed by atoms with Gasteiger partial charge >= 0.3 is 12.0 Å². The van der Waals surface area contributed by atoms with Crippen molar-refractivity contribution in [2.75, 3.05) is 12.4 Å². The Hall–Kier alpha value is -2.24. The monoisotopic (exact) mass is 294 g/mol. The van der Waals surface area contributed by atoms with E-state index < -0.39 is 23.6 Å². The van der Waals surface area contributed by atoms with Crippen LogP contribution in [0.3, 0.4) is 0 Å². The summed E-state index contributed by atoms with van der Waals surface area (Å²) in [5, 5.41) is 5.15. The standard InChI is InChI=1S/C15H22N2O4/c1-10(13(18)21-15(2,3)4)16-14(19)17-11-8-6-7-9-12(11)20-5/h6-10H,1-5H3,(H2,16,17,19)/t10-/m0/s1. The van der Waals surface area contributed by atoms with Gasteiger partial charge in [-0.15, -0.1) is 0 Å². The van der Waals surface area contributed by atoms with Crippen LogP contribution in [0.4, 0.5) is 10.5 Å². The molecule has 1 aromatic rings. The summed E-state index contributed by atoms with van der Waals surface area (Å²) >= 11 is 0. The van der Waals surface area contributed by atoms with Crippen LogP contribution in [0.5, 0.6) is 5.75 Å². The van der Waals surface area contributed by atoms with E-state index in [-0.39, 0.29) is 0 Å². The number of carbonyl (C=O) groups excluding carboxylic acids is 2. The van der Waals surface area contributed by atoms with Crippen molar-refractivity contribution in [1.82, 2.24) is 5.32 Å². The maximum atomic E-state index is 11.9. The van der Waals surface area contributed by atoms with Crippen LogP contribution in [0, 0.1) is 0 Å². The summed E-state index contributed by atoms with van der Waals surface area (Å²) in [6.45, 7) is 6.88. The summed E-state index contributed by atoms with van der Waals surface area (Å²) < 4.78 is 10.3. The molecular weight excluding hydrogens is 272 g/mol. The number of hydrogen-bond acceptors (Lipinski definition) is 4. The van der Waals surface area contributed by atoms with Gasteiger partial charge in [-0.1, -0.05) is 12.1 Å². The van der Waals surface area contributed by atoms with Gasteiger partial charge in [-0.25, -0.2) is 9.59 Å². The molecule has 1 rings (SSSR count). The Kier molecular flexibility index (Phi) is 5.58. The smallest absolute Gasteiger partial charge is 0.328 e. The van der Waals surface area contributed by atoms with Crippen LogP contribution >= 0.6 is 0 Å². The Balaban J connectivity index is 2.59. The minimum atomic E-state index is -0.751. The molecule has 0 aliphatic carbocycles. The van der Waals surface area contributed by atoms with Gasteiger partial charge < -0.3 is 20.1 Å². The molecule has 0 aliphatic rings. The number of anilines is 1. The van der Waals surface area contributed by atoms with E-state index in [1.54, 1.807) is 52.0 Å². The number of ether oxygens (including phenoxy) is 2. The van der Waals surface area contributed by atoms with E-state index >= 15 is 0 Å². The second kappa shape index (κ2) is 6.97. The van der Waals surface area contributed by atoms with Gasteiger partial charge in [0, 0.05) is 0 Å². The molecule has 1 atom stereocenters. The molecule has 1 aromatic carbocycles. The maximum absolute atomic E-state index is 11.9. The molecule has 0 spiro atoms. The molecule has 0 bridgehead atoms. The third kappa shape index (κ3) is 5.72. The molecule has 0 saturated heterocycles. The Bertz CT molecular complexity index is 509. The average molecular weight is 294 g/mol. The highest BCUT2D eigenvalue weighted by Gasteiger charge is 2.23. The number of carbonyl (C=O) groups is 2. The van der Waals surface area contributed by atoms with Crippen molar-refractivity contribution < 1.29 is 19.1 Å². The summed E-state index contributed by atoms with van der Waals surface area (Å²) in [6, 6.07) is 5.75. The molecule has 116 valence electrons. The molecule has 0 aromatic heterocycles. The molecule has 0 fully saturated rings. The van der Waals surface area contributed by atoms with Crippen LogP contribution in [0.25, 0.3) is 0 Å². The van der Waals surface area contributed by atoms with E-state index in [9.17, 15) is 9.59 Å². The zero-order valence-electron chi connectivity index (χ0n) is 13.0. The largest absolute Gasteiger partial charge is 0.495 e.